The third-order valence-electron chi connectivity index (χ3n) is 2.82. The van der Waals surface area contributed by atoms with Gasteiger partial charge in [-0.25, -0.2) is 4.98 Å². The number of aromatic amines is 1. The van der Waals surface area contributed by atoms with Gasteiger partial charge in [0.15, 0.2) is 5.82 Å². The lowest BCUT2D eigenvalue weighted by Crippen LogP contribution is -2.14. The number of nitrogens with one attached hydrogen (secondary N) is 1. The van der Waals surface area contributed by atoms with E-state index in [1.165, 1.54) is 11.3 Å². The van der Waals surface area contributed by atoms with E-state index in [2.05, 4.69) is 25.9 Å². The molecule has 88 valence electrons. The number of hydrogen-bond acceptors (Lipinski definition) is 3. The molecule has 0 fully saturated rings. The molecule has 0 radical (unpaired) electrons. The molecule has 0 atom stereocenters. The highest BCUT2D eigenvalue weighted by atomic mass is 79.9. The lowest BCUT2D eigenvalue weighted by molar-refractivity contribution is 0.899. The van der Waals surface area contributed by atoms with E-state index in [-0.39, 0.29) is 5.56 Å². The second-order valence-electron chi connectivity index (χ2n) is 3.93. The summed E-state index contributed by atoms with van der Waals surface area (Å²) in [7, 11) is 0. The van der Waals surface area contributed by atoms with Crippen LogP contribution in [0.5, 0.6) is 0 Å². The van der Waals surface area contributed by atoms with Crippen LogP contribution in [0.3, 0.4) is 0 Å². The van der Waals surface area contributed by atoms with E-state index in [0.717, 1.165) is 39.9 Å². The highest BCUT2D eigenvalue weighted by Gasteiger charge is 2.18. The fraction of sp³-hybridized carbons (Fsp3) is 0.273. The van der Waals surface area contributed by atoms with Gasteiger partial charge in [0.2, 0.25) is 0 Å². The molecule has 3 rings (SSSR count). The van der Waals surface area contributed by atoms with Crippen molar-refractivity contribution >= 4 is 38.9 Å². The number of fused-ring (bicyclic) bond motifs is 1. The Labute approximate surface area is 115 Å². The van der Waals surface area contributed by atoms with E-state index in [4.69, 9.17) is 11.6 Å². The molecule has 1 aliphatic carbocycles. The van der Waals surface area contributed by atoms with Crippen molar-refractivity contribution < 1.29 is 0 Å². The molecule has 0 aromatic carbocycles. The van der Waals surface area contributed by atoms with Crippen LogP contribution in [-0.2, 0) is 12.8 Å². The first-order chi connectivity index (χ1) is 8.15. The number of halogens is 2. The number of rotatable bonds is 1. The maximum atomic E-state index is 11.9. The van der Waals surface area contributed by atoms with Gasteiger partial charge < -0.3 is 4.98 Å². The average Bonchev–Trinajstić information content (AvgIpc) is 2.87. The normalized spacial score (nSPS) is 14.0. The van der Waals surface area contributed by atoms with E-state index in [1.807, 2.05) is 6.07 Å². The molecule has 0 aliphatic heterocycles. The Balaban J connectivity index is 2.16. The minimum absolute atomic E-state index is 0.0110. The third kappa shape index (κ3) is 1.96. The summed E-state index contributed by atoms with van der Waals surface area (Å²) in [6.07, 6.45) is 2.75. The highest BCUT2D eigenvalue weighted by molar-refractivity contribution is 9.10. The van der Waals surface area contributed by atoms with Crippen LogP contribution in [0.4, 0.5) is 0 Å². The molecule has 17 heavy (non-hydrogen) atoms. The molecule has 2 aromatic rings. The largest absolute Gasteiger partial charge is 0.306 e. The summed E-state index contributed by atoms with van der Waals surface area (Å²) in [6.45, 7) is 0. The molecule has 0 bridgehead atoms. The maximum Gasteiger partial charge on any atom is 0.254 e. The first-order valence-corrected chi connectivity index (χ1v) is 7.21. The van der Waals surface area contributed by atoms with Gasteiger partial charge in [-0.1, -0.05) is 11.6 Å². The molecule has 6 heteroatoms. The second-order valence-corrected chi connectivity index (χ2v) is 6.43. The Morgan fingerprint density at radius 2 is 2.29 bits per heavy atom. The quantitative estimate of drug-likeness (QED) is 0.870. The summed E-state index contributed by atoms with van der Waals surface area (Å²) in [5.41, 5.74) is 1.77. The van der Waals surface area contributed by atoms with Gasteiger partial charge >= 0.3 is 0 Å². The van der Waals surface area contributed by atoms with Gasteiger partial charge in [0.25, 0.3) is 5.56 Å². The zero-order valence-corrected chi connectivity index (χ0v) is 11.9. The van der Waals surface area contributed by atoms with Crippen LogP contribution >= 0.6 is 38.9 Å². The van der Waals surface area contributed by atoms with Crippen molar-refractivity contribution in [3.05, 3.63) is 36.5 Å². The molecule has 0 spiro atoms. The SMILES string of the molecule is O=c1[nH]c(-c2cc(Br)c(Cl)s2)nc2c1CCC2. The zero-order chi connectivity index (χ0) is 12.0. The highest BCUT2D eigenvalue weighted by Crippen LogP contribution is 2.36. The molecule has 2 heterocycles. The Morgan fingerprint density at radius 1 is 1.47 bits per heavy atom. The van der Waals surface area contributed by atoms with Crippen molar-refractivity contribution in [2.75, 3.05) is 0 Å². The van der Waals surface area contributed by atoms with Gasteiger partial charge in [-0.15, -0.1) is 11.3 Å². The Morgan fingerprint density at radius 3 is 3.00 bits per heavy atom. The predicted octanol–water partition coefficient (Wildman–Crippen LogP) is 3.40. The van der Waals surface area contributed by atoms with E-state index in [0.29, 0.717) is 10.2 Å². The van der Waals surface area contributed by atoms with E-state index in [1.54, 1.807) is 0 Å². The summed E-state index contributed by atoms with van der Waals surface area (Å²) < 4.78 is 1.51. The van der Waals surface area contributed by atoms with Gasteiger partial charge in [0.05, 0.1) is 10.6 Å². The topological polar surface area (TPSA) is 45.8 Å². The summed E-state index contributed by atoms with van der Waals surface area (Å²) >= 11 is 10.7. The molecule has 1 aliphatic rings. The Kier molecular flexibility index (Phi) is 2.84. The van der Waals surface area contributed by atoms with Gasteiger partial charge in [-0.2, -0.15) is 0 Å². The first-order valence-electron chi connectivity index (χ1n) is 5.22. The van der Waals surface area contributed by atoms with Crippen LogP contribution in [0.15, 0.2) is 15.3 Å². The molecule has 3 nitrogen and oxygen atoms in total. The monoisotopic (exact) mass is 330 g/mol. The smallest absolute Gasteiger partial charge is 0.254 e. The minimum Gasteiger partial charge on any atom is -0.306 e. The molecule has 0 amide bonds. The maximum absolute atomic E-state index is 11.9. The number of H-pyrrole nitrogens is 1. The lowest BCUT2D eigenvalue weighted by Gasteiger charge is -2.01. The fourth-order valence-corrected chi connectivity index (χ4v) is 3.67. The van der Waals surface area contributed by atoms with Crippen molar-refractivity contribution in [3.63, 3.8) is 0 Å². The minimum atomic E-state index is -0.0110. The van der Waals surface area contributed by atoms with Crippen LogP contribution in [0.2, 0.25) is 4.34 Å². The summed E-state index contributed by atoms with van der Waals surface area (Å²) in [5.74, 6) is 0.619. The Bertz CT molecular complexity index is 630. The lowest BCUT2D eigenvalue weighted by atomic mass is 10.2. The van der Waals surface area contributed by atoms with Crippen LogP contribution in [0, 0.1) is 0 Å². The van der Waals surface area contributed by atoms with Gasteiger partial charge in [-0.05, 0) is 41.3 Å². The van der Waals surface area contributed by atoms with Crippen molar-refractivity contribution in [1.29, 1.82) is 0 Å². The molecule has 1 N–H and O–H groups in total. The first kappa shape index (κ1) is 11.4. The van der Waals surface area contributed by atoms with Crippen molar-refractivity contribution in [3.8, 4) is 10.7 Å². The van der Waals surface area contributed by atoms with Gasteiger partial charge in [-0.3, -0.25) is 4.79 Å². The number of aryl methyl sites for hydroxylation is 1. The molecule has 0 unspecified atom stereocenters. The third-order valence-corrected chi connectivity index (χ3v) is 5.30. The van der Waals surface area contributed by atoms with Gasteiger partial charge in [0.1, 0.15) is 4.34 Å². The standard InChI is InChI=1S/C11H8BrClN2OS/c12-6-4-8(17-9(6)13)10-14-7-3-1-2-5(7)11(16)15-10/h4H,1-3H2,(H,14,15,16). The summed E-state index contributed by atoms with van der Waals surface area (Å²) in [6, 6.07) is 1.88. The number of aromatic nitrogens is 2. The van der Waals surface area contributed by atoms with Crippen LogP contribution in [-0.4, -0.2) is 9.97 Å². The van der Waals surface area contributed by atoms with E-state index in [9.17, 15) is 4.79 Å². The summed E-state index contributed by atoms with van der Waals surface area (Å²) in [5, 5.41) is 0. The van der Waals surface area contributed by atoms with Crippen molar-refractivity contribution in [1.82, 2.24) is 9.97 Å². The van der Waals surface area contributed by atoms with E-state index >= 15 is 0 Å². The van der Waals surface area contributed by atoms with Crippen molar-refractivity contribution in [2.45, 2.75) is 19.3 Å². The van der Waals surface area contributed by atoms with Crippen LogP contribution < -0.4 is 5.56 Å². The zero-order valence-electron chi connectivity index (χ0n) is 8.72. The molecule has 2 aromatic heterocycles. The molecular formula is C11H8BrClN2OS. The average molecular weight is 332 g/mol. The van der Waals surface area contributed by atoms with Crippen molar-refractivity contribution in [2.24, 2.45) is 0 Å². The molecule has 0 saturated carbocycles. The fourth-order valence-electron chi connectivity index (χ4n) is 2.02. The van der Waals surface area contributed by atoms with E-state index < -0.39 is 0 Å². The second kappa shape index (κ2) is 4.23. The van der Waals surface area contributed by atoms with Gasteiger partial charge in [0, 0.05) is 10.0 Å². The van der Waals surface area contributed by atoms with Crippen LogP contribution in [0.25, 0.3) is 10.7 Å². The number of thiophene rings is 1. The number of hydrogen-bond donors (Lipinski definition) is 1. The summed E-state index contributed by atoms with van der Waals surface area (Å²) in [4.78, 5) is 20.1. The molecule has 0 saturated heterocycles. The Hall–Kier alpha value is -0.650. The predicted molar refractivity (Wildman–Crippen MR) is 72.9 cm³/mol. The number of nitrogens with zero attached hydrogens (tertiary/aromatic N) is 1. The van der Waals surface area contributed by atoms with Crippen LogP contribution in [0.1, 0.15) is 17.7 Å². The molecular weight excluding hydrogens is 324 g/mol.